The minimum Gasteiger partial charge on any atom is -0.336 e. The van der Waals surface area contributed by atoms with E-state index in [0.29, 0.717) is 5.69 Å². The Labute approximate surface area is 165 Å². The first-order chi connectivity index (χ1) is 13.3. The predicted octanol–water partition coefficient (Wildman–Crippen LogP) is 2.95. The lowest BCUT2D eigenvalue weighted by Gasteiger charge is -2.34. The predicted molar refractivity (Wildman–Crippen MR) is 108 cm³/mol. The number of amides is 2. The van der Waals surface area contributed by atoms with Gasteiger partial charge >= 0.3 is 6.03 Å². The number of benzene rings is 2. The van der Waals surface area contributed by atoms with Crippen LogP contribution < -0.4 is 15.4 Å². The van der Waals surface area contributed by atoms with Crippen molar-refractivity contribution in [1.82, 2.24) is 15.4 Å². The standard InChI is InChI=1S/C20H22N4O3S/c1-13(2)28(26,27)24-18-12-22-20(25)23-19(18)16-6-4-14(5-7-16)15-8-10-17(21-3)11-9-15/h4-11,13,18-19,24H,12H2,1-2H3,(H2,22,23,25). The Balaban J connectivity index is 1.84. The van der Waals surface area contributed by atoms with Crippen LogP contribution in [0.4, 0.5) is 10.5 Å². The lowest BCUT2D eigenvalue weighted by molar-refractivity contribution is 0.222. The molecule has 146 valence electrons. The fourth-order valence-corrected chi connectivity index (χ4v) is 3.91. The molecule has 2 aromatic carbocycles. The number of nitrogens with one attached hydrogen (secondary N) is 3. The summed E-state index contributed by atoms with van der Waals surface area (Å²) in [4.78, 5) is 15.2. The van der Waals surface area contributed by atoms with Gasteiger partial charge in [0.2, 0.25) is 10.0 Å². The van der Waals surface area contributed by atoms with Gasteiger partial charge in [0.05, 0.1) is 23.9 Å². The normalized spacial score (nSPS) is 19.6. The minimum atomic E-state index is -3.48. The van der Waals surface area contributed by atoms with Crippen LogP contribution in [0.25, 0.3) is 16.0 Å². The van der Waals surface area contributed by atoms with E-state index in [1.54, 1.807) is 26.0 Å². The molecule has 0 spiro atoms. The fraction of sp³-hybridized carbons (Fsp3) is 0.300. The molecule has 1 aliphatic rings. The second-order valence-electron chi connectivity index (χ2n) is 6.93. The number of rotatable bonds is 5. The SMILES string of the molecule is [C-]#[N+]c1ccc(-c2ccc(C3NC(=O)NCC3NS(=O)(=O)C(C)C)cc2)cc1. The molecule has 0 bridgehead atoms. The highest BCUT2D eigenvalue weighted by atomic mass is 32.2. The maximum Gasteiger partial charge on any atom is 0.315 e. The summed E-state index contributed by atoms with van der Waals surface area (Å²) in [6.45, 7) is 10.5. The van der Waals surface area contributed by atoms with Gasteiger partial charge < -0.3 is 10.6 Å². The van der Waals surface area contributed by atoms with Crippen molar-refractivity contribution in [2.24, 2.45) is 0 Å². The van der Waals surface area contributed by atoms with Gasteiger partial charge in [-0.1, -0.05) is 48.5 Å². The Morgan fingerprint density at radius 2 is 1.64 bits per heavy atom. The molecule has 0 aliphatic carbocycles. The van der Waals surface area contributed by atoms with Crippen LogP contribution in [0.5, 0.6) is 0 Å². The number of carbonyl (C=O) groups is 1. The molecule has 7 nitrogen and oxygen atoms in total. The van der Waals surface area contributed by atoms with Crippen LogP contribution in [0.1, 0.15) is 25.5 Å². The summed E-state index contributed by atoms with van der Waals surface area (Å²) in [6.07, 6.45) is 0. The van der Waals surface area contributed by atoms with Crippen LogP contribution in [0.3, 0.4) is 0 Å². The van der Waals surface area contributed by atoms with E-state index in [9.17, 15) is 13.2 Å². The largest absolute Gasteiger partial charge is 0.336 e. The van der Waals surface area contributed by atoms with E-state index in [4.69, 9.17) is 6.57 Å². The molecular weight excluding hydrogens is 376 g/mol. The lowest BCUT2D eigenvalue weighted by atomic mass is 9.96. The highest BCUT2D eigenvalue weighted by Gasteiger charge is 2.33. The molecular formula is C20H22N4O3S. The zero-order chi connectivity index (χ0) is 20.3. The second-order valence-corrected chi connectivity index (χ2v) is 9.20. The molecule has 28 heavy (non-hydrogen) atoms. The molecule has 3 rings (SSSR count). The Kier molecular flexibility index (Phi) is 5.68. The quantitative estimate of drug-likeness (QED) is 0.676. The summed E-state index contributed by atoms with van der Waals surface area (Å²) < 4.78 is 27.2. The monoisotopic (exact) mass is 398 g/mol. The second kappa shape index (κ2) is 8.00. The third kappa shape index (κ3) is 4.32. The zero-order valence-corrected chi connectivity index (χ0v) is 16.5. The van der Waals surface area contributed by atoms with Crippen LogP contribution in [0, 0.1) is 6.57 Å². The summed E-state index contributed by atoms with van der Waals surface area (Å²) >= 11 is 0. The van der Waals surface area contributed by atoms with E-state index in [2.05, 4.69) is 20.2 Å². The molecule has 2 unspecified atom stereocenters. The Morgan fingerprint density at radius 3 is 2.18 bits per heavy atom. The van der Waals surface area contributed by atoms with E-state index in [0.717, 1.165) is 16.7 Å². The van der Waals surface area contributed by atoms with Crippen molar-refractivity contribution < 1.29 is 13.2 Å². The van der Waals surface area contributed by atoms with Gasteiger partial charge in [-0.2, -0.15) is 0 Å². The molecule has 1 fully saturated rings. The van der Waals surface area contributed by atoms with Gasteiger partial charge in [-0.05, 0) is 30.5 Å². The smallest absolute Gasteiger partial charge is 0.315 e. The lowest BCUT2D eigenvalue weighted by Crippen LogP contribution is -2.59. The Bertz CT molecular complexity index is 993. The number of urea groups is 1. The molecule has 0 aromatic heterocycles. The van der Waals surface area contributed by atoms with E-state index in [1.165, 1.54) is 0 Å². The summed E-state index contributed by atoms with van der Waals surface area (Å²) in [7, 11) is -3.48. The van der Waals surface area contributed by atoms with Crippen molar-refractivity contribution in [3.8, 4) is 11.1 Å². The molecule has 2 amide bonds. The molecule has 2 atom stereocenters. The van der Waals surface area contributed by atoms with Crippen LogP contribution >= 0.6 is 0 Å². The summed E-state index contributed by atoms with van der Waals surface area (Å²) in [6, 6.07) is 13.6. The van der Waals surface area contributed by atoms with Crippen LogP contribution in [0.2, 0.25) is 0 Å². The number of nitrogens with zero attached hydrogens (tertiary/aromatic N) is 1. The first-order valence-electron chi connectivity index (χ1n) is 8.93. The van der Waals surface area contributed by atoms with Crippen molar-refractivity contribution in [2.75, 3.05) is 6.54 Å². The fourth-order valence-electron chi connectivity index (χ4n) is 3.00. The average molecular weight is 398 g/mol. The number of carbonyl (C=O) groups excluding carboxylic acids is 1. The van der Waals surface area contributed by atoms with Gasteiger partial charge in [0, 0.05) is 6.54 Å². The summed E-state index contributed by atoms with van der Waals surface area (Å²) in [5, 5.41) is 4.89. The van der Waals surface area contributed by atoms with E-state index >= 15 is 0 Å². The van der Waals surface area contributed by atoms with Crippen molar-refractivity contribution in [3.05, 3.63) is 65.5 Å². The summed E-state index contributed by atoms with van der Waals surface area (Å²) in [5.41, 5.74) is 3.34. The van der Waals surface area contributed by atoms with Gasteiger partial charge in [0.25, 0.3) is 0 Å². The van der Waals surface area contributed by atoms with Gasteiger partial charge in [0.15, 0.2) is 5.69 Å². The third-order valence-corrected chi connectivity index (χ3v) is 6.58. The molecule has 0 radical (unpaired) electrons. The van der Waals surface area contributed by atoms with Crippen molar-refractivity contribution >= 4 is 21.7 Å². The van der Waals surface area contributed by atoms with E-state index in [1.807, 2.05) is 36.4 Å². The Hall–Kier alpha value is -2.89. The number of sulfonamides is 1. The average Bonchev–Trinajstić information content (AvgIpc) is 2.69. The highest BCUT2D eigenvalue weighted by Crippen LogP contribution is 2.26. The first-order valence-corrected chi connectivity index (χ1v) is 10.5. The van der Waals surface area contributed by atoms with Crippen molar-refractivity contribution in [3.63, 3.8) is 0 Å². The zero-order valence-electron chi connectivity index (χ0n) is 15.6. The topological polar surface area (TPSA) is 91.7 Å². The van der Waals surface area contributed by atoms with Gasteiger partial charge in [-0.25, -0.2) is 22.8 Å². The Morgan fingerprint density at radius 1 is 1.07 bits per heavy atom. The molecule has 1 aliphatic heterocycles. The van der Waals surface area contributed by atoms with Crippen molar-refractivity contribution in [2.45, 2.75) is 31.2 Å². The van der Waals surface area contributed by atoms with Gasteiger partial charge in [-0.3, -0.25) is 0 Å². The van der Waals surface area contributed by atoms with Crippen molar-refractivity contribution in [1.29, 1.82) is 0 Å². The van der Waals surface area contributed by atoms with E-state index < -0.39 is 27.4 Å². The van der Waals surface area contributed by atoms with Gasteiger partial charge in [-0.15, -0.1) is 0 Å². The minimum absolute atomic E-state index is 0.211. The molecule has 3 N–H and O–H groups in total. The van der Waals surface area contributed by atoms with Crippen LogP contribution in [0.15, 0.2) is 48.5 Å². The molecule has 8 heteroatoms. The van der Waals surface area contributed by atoms with E-state index in [-0.39, 0.29) is 12.6 Å². The van der Waals surface area contributed by atoms with Gasteiger partial charge in [0.1, 0.15) is 0 Å². The molecule has 0 saturated carbocycles. The molecule has 1 saturated heterocycles. The molecule has 1 heterocycles. The van der Waals surface area contributed by atoms with Crippen LogP contribution in [-0.2, 0) is 10.0 Å². The number of hydrogen-bond acceptors (Lipinski definition) is 3. The number of hydrogen-bond donors (Lipinski definition) is 3. The van der Waals surface area contributed by atoms with Crippen LogP contribution in [-0.4, -0.2) is 32.3 Å². The third-order valence-electron chi connectivity index (χ3n) is 4.71. The maximum absolute atomic E-state index is 12.3. The molecule has 2 aromatic rings. The first kappa shape index (κ1) is 19.9. The maximum atomic E-state index is 12.3. The highest BCUT2D eigenvalue weighted by molar-refractivity contribution is 7.90. The summed E-state index contributed by atoms with van der Waals surface area (Å²) in [5.74, 6) is 0.